The van der Waals surface area contributed by atoms with Gasteiger partial charge in [-0.3, -0.25) is 0 Å². The molecule has 1 aliphatic carbocycles. The van der Waals surface area contributed by atoms with E-state index < -0.39 is 0 Å². The van der Waals surface area contributed by atoms with Crippen molar-refractivity contribution in [3.8, 4) is 5.75 Å². The van der Waals surface area contributed by atoms with Gasteiger partial charge in [0.25, 0.3) is 0 Å². The van der Waals surface area contributed by atoms with Crippen LogP contribution in [0.3, 0.4) is 0 Å². The van der Waals surface area contributed by atoms with Crippen molar-refractivity contribution in [3.63, 3.8) is 0 Å². The predicted octanol–water partition coefficient (Wildman–Crippen LogP) is 5.51. The highest BCUT2D eigenvalue weighted by atomic mass is 16.5. The lowest BCUT2D eigenvalue weighted by Gasteiger charge is -2.28. The fourth-order valence-corrected chi connectivity index (χ4v) is 5.14. The summed E-state index contributed by atoms with van der Waals surface area (Å²) in [6, 6.07) is 17.9. The van der Waals surface area contributed by atoms with Crippen LogP contribution in [0.5, 0.6) is 5.75 Å². The third-order valence-corrected chi connectivity index (χ3v) is 6.79. The van der Waals surface area contributed by atoms with Gasteiger partial charge >= 0.3 is 0 Å². The molecule has 2 N–H and O–H groups in total. The lowest BCUT2D eigenvalue weighted by atomic mass is 9.82. The Balaban J connectivity index is 1.23. The molecule has 0 bridgehead atoms. The Morgan fingerprint density at radius 2 is 1.93 bits per heavy atom. The number of benzene rings is 2. The summed E-state index contributed by atoms with van der Waals surface area (Å²) in [7, 11) is 1.75. The molecule has 29 heavy (non-hydrogen) atoms. The van der Waals surface area contributed by atoms with Gasteiger partial charge in [0, 0.05) is 29.2 Å². The highest BCUT2D eigenvalue weighted by Gasteiger charge is 2.24. The molecule has 3 heteroatoms. The topological polar surface area (TPSA) is 37.0 Å². The van der Waals surface area contributed by atoms with Crippen molar-refractivity contribution >= 4 is 16.5 Å². The highest BCUT2D eigenvalue weighted by molar-refractivity contribution is 5.86. The minimum atomic E-state index is 0.597. The lowest BCUT2D eigenvalue weighted by Crippen LogP contribution is -2.33. The second kappa shape index (κ2) is 8.08. The molecule has 2 atom stereocenters. The van der Waals surface area contributed by atoms with Crippen LogP contribution in [0.25, 0.3) is 16.5 Å². The Bertz CT molecular complexity index is 1020. The Hall–Kier alpha value is -2.52. The van der Waals surface area contributed by atoms with Crippen LogP contribution in [-0.2, 0) is 12.8 Å². The van der Waals surface area contributed by atoms with Gasteiger partial charge in [0.1, 0.15) is 5.75 Å². The third kappa shape index (κ3) is 3.84. The van der Waals surface area contributed by atoms with Gasteiger partial charge < -0.3 is 15.0 Å². The van der Waals surface area contributed by atoms with Gasteiger partial charge in [0.2, 0.25) is 0 Å². The molecular weight excluding hydrogens is 356 g/mol. The predicted molar refractivity (Wildman–Crippen MR) is 120 cm³/mol. The van der Waals surface area contributed by atoms with Crippen LogP contribution in [0.1, 0.15) is 42.5 Å². The first-order valence-electron chi connectivity index (χ1n) is 11.0. The maximum absolute atomic E-state index is 5.46. The summed E-state index contributed by atoms with van der Waals surface area (Å²) in [5.41, 5.74) is 7.10. The second-order valence-corrected chi connectivity index (χ2v) is 8.58. The van der Waals surface area contributed by atoms with Gasteiger partial charge in [-0.05, 0) is 79.3 Å². The molecule has 2 unspecified atom stereocenters. The Kier molecular flexibility index (Phi) is 5.15. The number of H-pyrrole nitrogens is 1. The first kappa shape index (κ1) is 18.5. The van der Waals surface area contributed by atoms with Gasteiger partial charge in [-0.25, -0.2) is 0 Å². The maximum atomic E-state index is 5.46. The Labute approximate surface area is 173 Å². The molecule has 2 aliphatic rings. The van der Waals surface area contributed by atoms with Crippen LogP contribution in [0.2, 0.25) is 0 Å². The number of hydrogen-bond donors (Lipinski definition) is 2. The largest absolute Gasteiger partial charge is 0.497 e. The van der Waals surface area contributed by atoms with E-state index in [4.69, 9.17) is 4.74 Å². The van der Waals surface area contributed by atoms with E-state index in [0.717, 1.165) is 24.6 Å². The normalized spacial score (nSPS) is 21.6. The zero-order valence-electron chi connectivity index (χ0n) is 17.2. The van der Waals surface area contributed by atoms with E-state index in [-0.39, 0.29) is 0 Å². The lowest BCUT2D eigenvalue weighted by molar-refractivity contribution is 0.374. The van der Waals surface area contributed by atoms with Crippen LogP contribution < -0.4 is 10.1 Å². The maximum Gasteiger partial charge on any atom is 0.119 e. The number of ether oxygens (including phenoxy) is 1. The van der Waals surface area contributed by atoms with E-state index in [1.807, 2.05) is 6.07 Å². The molecule has 0 amide bonds. The Morgan fingerprint density at radius 1 is 1.03 bits per heavy atom. The SMILES string of the molecule is COc1ccc2[nH]c3c(c2c1)CC(CCC1CC(c2ccccc2)=CCN1)CC3. The number of fused-ring (bicyclic) bond motifs is 3. The number of aromatic nitrogens is 1. The van der Waals surface area contributed by atoms with Crippen molar-refractivity contribution in [3.05, 3.63) is 71.4 Å². The minimum Gasteiger partial charge on any atom is -0.497 e. The van der Waals surface area contributed by atoms with Crippen LogP contribution >= 0.6 is 0 Å². The van der Waals surface area contributed by atoms with Crippen LogP contribution in [0, 0.1) is 5.92 Å². The fraction of sp³-hybridized carbons (Fsp3) is 0.385. The van der Waals surface area contributed by atoms with E-state index in [1.165, 1.54) is 65.4 Å². The molecule has 1 aliphatic heterocycles. The summed E-state index contributed by atoms with van der Waals surface area (Å²) in [6.45, 7) is 0.992. The highest BCUT2D eigenvalue weighted by Crippen LogP contribution is 2.36. The van der Waals surface area contributed by atoms with Gasteiger partial charge in [-0.2, -0.15) is 0 Å². The van der Waals surface area contributed by atoms with Gasteiger partial charge in [0.15, 0.2) is 0 Å². The molecule has 0 saturated heterocycles. The number of rotatable bonds is 5. The van der Waals surface area contributed by atoms with Crippen molar-refractivity contribution in [2.45, 2.75) is 44.6 Å². The quantitative estimate of drug-likeness (QED) is 0.607. The third-order valence-electron chi connectivity index (χ3n) is 6.79. The molecule has 0 fully saturated rings. The average Bonchev–Trinajstić information content (AvgIpc) is 3.15. The smallest absolute Gasteiger partial charge is 0.119 e. The summed E-state index contributed by atoms with van der Waals surface area (Å²) in [6.07, 6.45) is 9.72. The molecule has 150 valence electrons. The van der Waals surface area contributed by atoms with Crippen molar-refractivity contribution in [1.29, 1.82) is 0 Å². The van der Waals surface area contributed by atoms with E-state index in [2.05, 4.69) is 58.8 Å². The van der Waals surface area contributed by atoms with Crippen molar-refractivity contribution < 1.29 is 4.74 Å². The molecule has 1 aromatic heterocycles. The summed E-state index contributed by atoms with van der Waals surface area (Å²) < 4.78 is 5.46. The molecule has 2 heterocycles. The molecule has 2 aromatic carbocycles. The molecular formula is C26H30N2O. The van der Waals surface area contributed by atoms with Crippen LogP contribution in [0.4, 0.5) is 0 Å². The number of methoxy groups -OCH3 is 1. The van der Waals surface area contributed by atoms with E-state index in [0.29, 0.717) is 6.04 Å². The van der Waals surface area contributed by atoms with Gasteiger partial charge in [-0.15, -0.1) is 0 Å². The summed E-state index contributed by atoms with van der Waals surface area (Å²) in [5.74, 6) is 1.73. The van der Waals surface area contributed by atoms with Gasteiger partial charge in [0.05, 0.1) is 7.11 Å². The summed E-state index contributed by atoms with van der Waals surface area (Å²) in [4.78, 5) is 3.64. The molecule has 0 spiro atoms. The molecule has 0 saturated carbocycles. The van der Waals surface area contributed by atoms with Gasteiger partial charge in [-0.1, -0.05) is 36.4 Å². The molecule has 3 aromatic rings. The van der Waals surface area contributed by atoms with Crippen LogP contribution in [-0.4, -0.2) is 24.7 Å². The monoisotopic (exact) mass is 386 g/mol. The summed E-state index contributed by atoms with van der Waals surface area (Å²) >= 11 is 0. The average molecular weight is 387 g/mol. The first-order valence-corrected chi connectivity index (χ1v) is 11.0. The minimum absolute atomic E-state index is 0.597. The fourth-order valence-electron chi connectivity index (χ4n) is 5.14. The summed E-state index contributed by atoms with van der Waals surface area (Å²) in [5, 5.41) is 5.07. The van der Waals surface area contributed by atoms with Crippen LogP contribution in [0.15, 0.2) is 54.6 Å². The second-order valence-electron chi connectivity index (χ2n) is 8.58. The molecule has 5 rings (SSSR count). The number of hydrogen-bond acceptors (Lipinski definition) is 2. The standard InChI is InChI=1S/C26H30N2O/c1-29-22-10-12-26-24(17-22)23-15-18(8-11-25(23)28-26)7-9-21-16-20(13-14-27-21)19-5-3-2-4-6-19/h2-6,10,12-13,17-18,21,27-28H,7-9,11,14-16H2,1H3. The van der Waals surface area contributed by atoms with Crippen molar-refractivity contribution in [1.82, 2.24) is 10.3 Å². The van der Waals surface area contributed by atoms with E-state index in [9.17, 15) is 0 Å². The Morgan fingerprint density at radius 3 is 2.79 bits per heavy atom. The van der Waals surface area contributed by atoms with E-state index in [1.54, 1.807) is 7.11 Å². The zero-order valence-corrected chi connectivity index (χ0v) is 17.2. The molecule has 0 radical (unpaired) electrons. The van der Waals surface area contributed by atoms with Crippen molar-refractivity contribution in [2.24, 2.45) is 5.92 Å². The zero-order chi connectivity index (χ0) is 19.6. The number of aryl methyl sites for hydroxylation is 1. The van der Waals surface area contributed by atoms with E-state index >= 15 is 0 Å². The number of nitrogens with one attached hydrogen (secondary N) is 2. The first-order chi connectivity index (χ1) is 14.3. The molecule has 3 nitrogen and oxygen atoms in total. The van der Waals surface area contributed by atoms with Crippen molar-refractivity contribution in [2.75, 3.05) is 13.7 Å². The number of aromatic amines is 1.